The van der Waals surface area contributed by atoms with E-state index < -0.39 is 0 Å². The highest BCUT2D eigenvalue weighted by Crippen LogP contribution is 2.29. The van der Waals surface area contributed by atoms with Gasteiger partial charge < -0.3 is 9.80 Å². The van der Waals surface area contributed by atoms with Crippen LogP contribution < -0.4 is 4.90 Å². The number of hydrogen-bond donors (Lipinski definition) is 0. The number of anilines is 1. The molecule has 4 aromatic rings. The summed E-state index contributed by atoms with van der Waals surface area (Å²) in [6.45, 7) is 4.47. The van der Waals surface area contributed by atoms with Gasteiger partial charge in [0, 0.05) is 32.4 Å². The first kappa shape index (κ1) is 19.0. The number of para-hydroxylation sites is 1. The first-order chi connectivity index (χ1) is 14.6. The lowest BCUT2D eigenvalue weighted by Gasteiger charge is -2.34. The minimum atomic E-state index is -0.0784. The quantitative estimate of drug-likeness (QED) is 0.486. The van der Waals surface area contributed by atoms with Gasteiger partial charge in [-0.05, 0) is 31.2 Å². The largest absolute Gasteiger partial charge is 0.344 e. The standard InChI is InChI=1S/C21H19ClN6OS/c1-14-17(18(22)28(25-14)15-6-3-2-4-7-15)20(29)26-10-12-27(13-11-26)21-24-16-8-5-9-23-19(16)30-21/h2-9H,10-13H2,1H3. The zero-order chi connectivity index (χ0) is 20.7. The van der Waals surface area contributed by atoms with Crippen LogP contribution in [0.15, 0.2) is 48.7 Å². The van der Waals surface area contributed by atoms with Crippen molar-refractivity contribution in [3.05, 3.63) is 65.1 Å². The van der Waals surface area contributed by atoms with Gasteiger partial charge in [0.1, 0.15) is 15.5 Å². The van der Waals surface area contributed by atoms with Crippen LogP contribution in [0.4, 0.5) is 5.13 Å². The van der Waals surface area contributed by atoms with Gasteiger partial charge in [0.2, 0.25) is 0 Å². The number of halogens is 1. The highest BCUT2D eigenvalue weighted by Gasteiger charge is 2.29. The summed E-state index contributed by atoms with van der Waals surface area (Å²) >= 11 is 8.16. The Labute approximate surface area is 182 Å². The van der Waals surface area contributed by atoms with E-state index in [1.165, 1.54) is 0 Å². The number of benzene rings is 1. The summed E-state index contributed by atoms with van der Waals surface area (Å²) in [6.07, 6.45) is 1.78. The predicted molar refractivity (Wildman–Crippen MR) is 119 cm³/mol. The highest BCUT2D eigenvalue weighted by molar-refractivity contribution is 7.21. The molecule has 0 unspecified atom stereocenters. The van der Waals surface area contributed by atoms with E-state index in [-0.39, 0.29) is 5.91 Å². The summed E-state index contributed by atoms with van der Waals surface area (Å²) in [6, 6.07) is 13.5. The molecule has 30 heavy (non-hydrogen) atoms. The van der Waals surface area contributed by atoms with Gasteiger partial charge in [-0.2, -0.15) is 5.10 Å². The molecule has 1 aliphatic heterocycles. The van der Waals surface area contributed by atoms with Gasteiger partial charge in [-0.25, -0.2) is 14.6 Å². The molecule has 0 spiro atoms. The maximum Gasteiger partial charge on any atom is 0.259 e. The maximum absolute atomic E-state index is 13.2. The summed E-state index contributed by atoms with van der Waals surface area (Å²) in [4.78, 5) is 27.2. The van der Waals surface area contributed by atoms with E-state index in [9.17, 15) is 4.79 Å². The molecule has 0 N–H and O–H groups in total. The van der Waals surface area contributed by atoms with E-state index in [0.717, 1.165) is 34.3 Å². The normalized spacial score (nSPS) is 14.5. The van der Waals surface area contributed by atoms with Gasteiger partial charge in [-0.3, -0.25) is 4.79 Å². The number of carbonyl (C=O) groups is 1. The molecule has 4 heterocycles. The van der Waals surface area contributed by atoms with Gasteiger partial charge in [0.25, 0.3) is 5.91 Å². The second-order valence-electron chi connectivity index (χ2n) is 7.10. The Morgan fingerprint density at radius 2 is 1.83 bits per heavy atom. The van der Waals surface area contributed by atoms with Crippen LogP contribution in [0.2, 0.25) is 5.15 Å². The number of aromatic nitrogens is 4. The Kier molecular flexibility index (Phi) is 4.88. The summed E-state index contributed by atoms with van der Waals surface area (Å²) < 4.78 is 1.62. The van der Waals surface area contributed by atoms with E-state index in [1.54, 1.807) is 22.2 Å². The molecule has 7 nitrogen and oxygen atoms in total. The Morgan fingerprint density at radius 1 is 1.07 bits per heavy atom. The number of pyridine rings is 1. The number of hydrogen-bond acceptors (Lipinski definition) is 6. The Bertz CT molecular complexity index is 1180. The first-order valence-corrected chi connectivity index (χ1v) is 10.9. The Hall–Kier alpha value is -2.97. The minimum absolute atomic E-state index is 0.0784. The van der Waals surface area contributed by atoms with Crippen LogP contribution in [0.1, 0.15) is 16.1 Å². The van der Waals surface area contributed by atoms with Crippen molar-refractivity contribution in [2.75, 3.05) is 31.1 Å². The Balaban J connectivity index is 1.33. The van der Waals surface area contributed by atoms with Crippen LogP contribution in [-0.2, 0) is 0 Å². The lowest BCUT2D eigenvalue weighted by molar-refractivity contribution is 0.0746. The van der Waals surface area contributed by atoms with Crippen LogP contribution in [0.25, 0.3) is 16.0 Å². The summed E-state index contributed by atoms with van der Waals surface area (Å²) in [7, 11) is 0. The third-order valence-electron chi connectivity index (χ3n) is 5.21. The predicted octanol–water partition coefficient (Wildman–Crippen LogP) is 3.80. The van der Waals surface area contributed by atoms with E-state index in [1.807, 2.05) is 54.3 Å². The van der Waals surface area contributed by atoms with E-state index in [4.69, 9.17) is 11.6 Å². The van der Waals surface area contributed by atoms with Gasteiger partial charge in [-0.15, -0.1) is 0 Å². The molecule has 5 rings (SSSR count). The van der Waals surface area contributed by atoms with Crippen molar-refractivity contribution in [2.45, 2.75) is 6.92 Å². The van der Waals surface area contributed by atoms with Crippen molar-refractivity contribution in [2.24, 2.45) is 0 Å². The van der Waals surface area contributed by atoms with Crippen molar-refractivity contribution in [1.29, 1.82) is 0 Å². The number of thiazole rings is 1. The fourth-order valence-electron chi connectivity index (χ4n) is 3.63. The summed E-state index contributed by atoms with van der Waals surface area (Å²) in [5.74, 6) is -0.0784. The molecule has 1 amide bonds. The second kappa shape index (κ2) is 7.70. The fraction of sp³-hybridized carbons (Fsp3) is 0.238. The van der Waals surface area contributed by atoms with E-state index >= 15 is 0 Å². The van der Waals surface area contributed by atoms with Gasteiger partial charge in [-0.1, -0.05) is 41.1 Å². The average Bonchev–Trinajstić information content (AvgIpc) is 3.34. The summed E-state index contributed by atoms with van der Waals surface area (Å²) in [5.41, 5.74) is 2.84. The SMILES string of the molecule is Cc1nn(-c2ccccc2)c(Cl)c1C(=O)N1CCN(c2nc3cccnc3s2)CC1. The van der Waals surface area contributed by atoms with Crippen molar-refractivity contribution in [1.82, 2.24) is 24.6 Å². The molecule has 152 valence electrons. The zero-order valence-corrected chi connectivity index (χ0v) is 17.9. The molecular weight excluding hydrogens is 420 g/mol. The molecule has 0 atom stereocenters. The topological polar surface area (TPSA) is 67.2 Å². The summed E-state index contributed by atoms with van der Waals surface area (Å²) in [5, 5.41) is 5.79. The lowest BCUT2D eigenvalue weighted by Crippen LogP contribution is -2.48. The molecule has 1 fully saturated rings. The van der Waals surface area contributed by atoms with Crippen LogP contribution in [0, 0.1) is 6.92 Å². The zero-order valence-electron chi connectivity index (χ0n) is 16.3. The van der Waals surface area contributed by atoms with Gasteiger partial charge in [0.15, 0.2) is 5.13 Å². The molecule has 0 aliphatic carbocycles. The van der Waals surface area contributed by atoms with Crippen molar-refractivity contribution < 1.29 is 4.79 Å². The monoisotopic (exact) mass is 438 g/mol. The van der Waals surface area contributed by atoms with E-state index in [2.05, 4.69) is 20.0 Å². The number of piperazine rings is 1. The Morgan fingerprint density at radius 3 is 2.57 bits per heavy atom. The fourth-order valence-corrected chi connectivity index (χ4v) is 4.95. The number of nitrogens with zero attached hydrogens (tertiary/aromatic N) is 6. The minimum Gasteiger partial charge on any atom is -0.344 e. The number of fused-ring (bicyclic) bond motifs is 1. The molecular formula is C21H19ClN6OS. The molecule has 0 bridgehead atoms. The second-order valence-corrected chi connectivity index (χ2v) is 8.42. The lowest BCUT2D eigenvalue weighted by atomic mass is 10.2. The smallest absolute Gasteiger partial charge is 0.259 e. The number of carbonyl (C=O) groups excluding carboxylic acids is 1. The van der Waals surface area contributed by atoms with Crippen LogP contribution in [-0.4, -0.2) is 56.7 Å². The van der Waals surface area contributed by atoms with Crippen LogP contribution in [0.5, 0.6) is 0 Å². The van der Waals surface area contributed by atoms with Crippen molar-refractivity contribution >= 4 is 44.3 Å². The third kappa shape index (κ3) is 3.32. The van der Waals surface area contributed by atoms with Gasteiger partial charge >= 0.3 is 0 Å². The number of rotatable bonds is 3. The number of amides is 1. The highest BCUT2D eigenvalue weighted by atomic mass is 35.5. The molecule has 1 aliphatic rings. The maximum atomic E-state index is 13.2. The molecule has 1 saturated heterocycles. The molecule has 1 aromatic carbocycles. The first-order valence-electron chi connectivity index (χ1n) is 9.68. The van der Waals surface area contributed by atoms with Crippen molar-refractivity contribution in [3.63, 3.8) is 0 Å². The van der Waals surface area contributed by atoms with Crippen LogP contribution >= 0.6 is 22.9 Å². The van der Waals surface area contributed by atoms with E-state index in [0.29, 0.717) is 29.5 Å². The van der Waals surface area contributed by atoms with Crippen LogP contribution in [0.3, 0.4) is 0 Å². The van der Waals surface area contributed by atoms with Crippen molar-refractivity contribution in [3.8, 4) is 5.69 Å². The third-order valence-corrected chi connectivity index (χ3v) is 6.60. The molecule has 0 radical (unpaired) electrons. The molecule has 9 heteroatoms. The molecule has 0 saturated carbocycles. The van der Waals surface area contributed by atoms with Gasteiger partial charge in [0.05, 0.1) is 16.9 Å². The molecule has 3 aromatic heterocycles. The average molecular weight is 439 g/mol. The number of aryl methyl sites for hydroxylation is 1.